The standard InChI is InChI=1S/C27H31ClFN3O4/c28-21-5-8-24(23(14-21)27(35)31-16-18-2-1-11-30-15-18)36-17-25(33)32-12-9-20(10-13-32)26(34)19-3-6-22(29)7-4-19/h3-8,14,18,20,30H,1-2,9-13,15-17H2,(H,31,35). The second-order valence-electron chi connectivity index (χ2n) is 9.38. The molecule has 1 atom stereocenters. The number of likely N-dealkylation sites (tertiary alicyclic amines) is 1. The second-order valence-corrected chi connectivity index (χ2v) is 9.81. The molecule has 2 aliphatic rings. The number of benzene rings is 2. The van der Waals surface area contributed by atoms with Gasteiger partial charge in [-0.05, 0) is 87.2 Å². The van der Waals surface area contributed by atoms with Gasteiger partial charge in [0, 0.05) is 36.1 Å². The fraction of sp³-hybridized carbons (Fsp3) is 0.444. The minimum atomic E-state index is -0.380. The van der Waals surface area contributed by atoms with E-state index in [9.17, 15) is 18.8 Å². The van der Waals surface area contributed by atoms with Gasteiger partial charge >= 0.3 is 0 Å². The van der Waals surface area contributed by atoms with E-state index in [1.165, 1.54) is 24.3 Å². The zero-order valence-electron chi connectivity index (χ0n) is 20.1. The number of nitrogens with zero attached hydrogens (tertiary/aromatic N) is 1. The molecule has 192 valence electrons. The molecule has 9 heteroatoms. The maximum atomic E-state index is 13.1. The van der Waals surface area contributed by atoms with E-state index < -0.39 is 0 Å². The van der Waals surface area contributed by atoms with Crippen LogP contribution in [-0.2, 0) is 4.79 Å². The Morgan fingerprint density at radius 3 is 2.53 bits per heavy atom. The van der Waals surface area contributed by atoms with Crippen molar-refractivity contribution in [1.82, 2.24) is 15.5 Å². The SMILES string of the molecule is O=C(NCC1CCCNC1)c1cc(Cl)ccc1OCC(=O)N1CCC(C(=O)c2ccc(F)cc2)CC1. The molecule has 4 rings (SSSR count). The zero-order valence-corrected chi connectivity index (χ0v) is 20.9. The normalized spacial score (nSPS) is 18.5. The Morgan fingerprint density at radius 2 is 1.83 bits per heavy atom. The van der Waals surface area contributed by atoms with Gasteiger partial charge in [0.1, 0.15) is 11.6 Å². The van der Waals surface area contributed by atoms with Crippen molar-refractivity contribution < 1.29 is 23.5 Å². The van der Waals surface area contributed by atoms with Crippen LogP contribution in [0.5, 0.6) is 5.75 Å². The molecule has 0 aromatic heterocycles. The number of carbonyl (C=O) groups is 3. The number of ketones is 1. The number of rotatable bonds is 8. The fourth-order valence-electron chi connectivity index (χ4n) is 4.71. The molecular weight excluding hydrogens is 485 g/mol. The lowest BCUT2D eigenvalue weighted by Gasteiger charge is -2.31. The van der Waals surface area contributed by atoms with E-state index in [0.29, 0.717) is 60.3 Å². The first kappa shape index (κ1) is 26.1. The van der Waals surface area contributed by atoms with Gasteiger partial charge in [-0.2, -0.15) is 0 Å². The average Bonchev–Trinajstić information content (AvgIpc) is 2.91. The Bertz CT molecular complexity index is 1080. The molecule has 0 spiro atoms. The smallest absolute Gasteiger partial charge is 0.260 e. The molecule has 2 saturated heterocycles. The molecule has 1 unspecified atom stereocenters. The molecule has 2 heterocycles. The van der Waals surface area contributed by atoms with Gasteiger partial charge in [0.25, 0.3) is 11.8 Å². The number of hydrogen-bond acceptors (Lipinski definition) is 5. The van der Waals surface area contributed by atoms with Gasteiger partial charge in [-0.1, -0.05) is 11.6 Å². The summed E-state index contributed by atoms with van der Waals surface area (Å²) in [5.74, 6) is -0.428. The lowest BCUT2D eigenvalue weighted by atomic mass is 9.89. The number of amides is 2. The van der Waals surface area contributed by atoms with Gasteiger partial charge in [0.15, 0.2) is 12.4 Å². The lowest BCUT2D eigenvalue weighted by Crippen LogP contribution is -2.42. The third-order valence-corrected chi connectivity index (χ3v) is 7.07. The summed E-state index contributed by atoms with van der Waals surface area (Å²) < 4.78 is 18.9. The minimum Gasteiger partial charge on any atom is -0.483 e. The van der Waals surface area contributed by atoms with Crippen molar-refractivity contribution in [2.24, 2.45) is 11.8 Å². The second kappa shape index (κ2) is 12.3. The van der Waals surface area contributed by atoms with Crippen molar-refractivity contribution in [1.29, 1.82) is 0 Å². The summed E-state index contributed by atoms with van der Waals surface area (Å²) in [5, 5.41) is 6.69. The van der Waals surface area contributed by atoms with Crippen LogP contribution in [0.4, 0.5) is 4.39 Å². The number of Topliss-reactive ketones (excluding diaryl/α,β-unsaturated/α-hetero) is 1. The highest BCUT2D eigenvalue weighted by Gasteiger charge is 2.28. The van der Waals surface area contributed by atoms with Crippen LogP contribution in [0.1, 0.15) is 46.4 Å². The Kier molecular flexibility index (Phi) is 8.93. The third kappa shape index (κ3) is 6.83. The third-order valence-electron chi connectivity index (χ3n) is 6.83. The van der Waals surface area contributed by atoms with Crippen LogP contribution in [0.15, 0.2) is 42.5 Å². The molecule has 0 radical (unpaired) electrons. The predicted molar refractivity (Wildman–Crippen MR) is 135 cm³/mol. The van der Waals surface area contributed by atoms with Crippen LogP contribution >= 0.6 is 11.6 Å². The van der Waals surface area contributed by atoms with Crippen LogP contribution in [0, 0.1) is 17.7 Å². The Hall–Kier alpha value is -2.97. The Labute approximate surface area is 215 Å². The maximum Gasteiger partial charge on any atom is 0.260 e. The number of piperidine rings is 2. The zero-order chi connectivity index (χ0) is 25.5. The molecule has 2 aromatic carbocycles. The summed E-state index contributed by atoms with van der Waals surface area (Å²) >= 11 is 6.12. The Morgan fingerprint density at radius 1 is 1.08 bits per heavy atom. The van der Waals surface area contributed by atoms with Gasteiger partial charge in [-0.15, -0.1) is 0 Å². The first-order chi connectivity index (χ1) is 17.4. The van der Waals surface area contributed by atoms with Gasteiger partial charge in [-0.3, -0.25) is 14.4 Å². The first-order valence-corrected chi connectivity index (χ1v) is 12.8. The number of ether oxygens (including phenoxy) is 1. The van der Waals surface area contributed by atoms with Crippen molar-refractivity contribution in [2.75, 3.05) is 39.3 Å². The van der Waals surface area contributed by atoms with E-state index in [4.69, 9.17) is 16.3 Å². The monoisotopic (exact) mass is 515 g/mol. The van der Waals surface area contributed by atoms with Crippen LogP contribution in [0.3, 0.4) is 0 Å². The van der Waals surface area contributed by atoms with Gasteiger partial charge in [0.05, 0.1) is 5.56 Å². The van der Waals surface area contributed by atoms with Crippen molar-refractivity contribution in [3.05, 3.63) is 64.4 Å². The largest absolute Gasteiger partial charge is 0.483 e. The van der Waals surface area contributed by atoms with E-state index >= 15 is 0 Å². The quantitative estimate of drug-likeness (QED) is 0.523. The van der Waals surface area contributed by atoms with E-state index in [-0.39, 0.29) is 35.9 Å². The van der Waals surface area contributed by atoms with Crippen molar-refractivity contribution in [2.45, 2.75) is 25.7 Å². The highest BCUT2D eigenvalue weighted by molar-refractivity contribution is 6.31. The molecule has 0 saturated carbocycles. The number of halogens is 2. The molecule has 0 aliphatic carbocycles. The fourth-order valence-corrected chi connectivity index (χ4v) is 4.88. The predicted octanol–water partition coefficient (Wildman–Crippen LogP) is 3.71. The van der Waals surface area contributed by atoms with Crippen molar-refractivity contribution in [3.63, 3.8) is 0 Å². The number of nitrogens with one attached hydrogen (secondary N) is 2. The lowest BCUT2D eigenvalue weighted by molar-refractivity contribution is -0.134. The van der Waals surface area contributed by atoms with Crippen molar-refractivity contribution >= 4 is 29.2 Å². The highest BCUT2D eigenvalue weighted by Crippen LogP contribution is 2.25. The summed E-state index contributed by atoms with van der Waals surface area (Å²) in [6, 6.07) is 10.3. The molecule has 2 aliphatic heterocycles. The molecule has 2 amide bonds. The summed E-state index contributed by atoms with van der Waals surface area (Å²) in [4.78, 5) is 39.9. The van der Waals surface area contributed by atoms with Crippen LogP contribution in [0.25, 0.3) is 0 Å². The maximum absolute atomic E-state index is 13.1. The van der Waals surface area contributed by atoms with Crippen LogP contribution < -0.4 is 15.4 Å². The topological polar surface area (TPSA) is 87.7 Å². The average molecular weight is 516 g/mol. The van der Waals surface area contributed by atoms with Gasteiger partial charge < -0.3 is 20.3 Å². The molecule has 0 bridgehead atoms. The Balaban J connectivity index is 1.28. The van der Waals surface area contributed by atoms with E-state index in [2.05, 4.69) is 10.6 Å². The molecular formula is C27H31ClFN3O4. The molecule has 2 fully saturated rings. The van der Waals surface area contributed by atoms with Gasteiger partial charge in [0.2, 0.25) is 0 Å². The number of carbonyl (C=O) groups excluding carboxylic acids is 3. The summed E-state index contributed by atoms with van der Waals surface area (Å²) in [5.41, 5.74) is 0.778. The summed E-state index contributed by atoms with van der Waals surface area (Å²) in [6.07, 6.45) is 3.22. The van der Waals surface area contributed by atoms with E-state index in [0.717, 1.165) is 25.9 Å². The highest BCUT2D eigenvalue weighted by atomic mass is 35.5. The molecule has 2 N–H and O–H groups in total. The number of hydrogen-bond donors (Lipinski definition) is 2. The molecule has 36 heavy (non-hydrogen) atoms. The van der Waals surface area contributed by atoms with Crippen LogP contribution in [0.2, 0.25) is 5.02 Å². The van der Waals surface area contributed by atoms with Crippen molar-refractivity contribution in [3.8, 4) is 5.75 Å². The molecule has 2 aromatic rings. The van der Waals surface area contributed by atoms with Crippen LogP contribution in [-0.4, -0.2) is 61.8 Å². The van der Waals surface area contributed by atoms with E-state index in [1.54, 1.807) is 23.1 Å². The minimum absolute atomic E-state index is 0.0285. The first-order valence-electron chi connectivity index (χ1n) is 12.4. The summed E-state index contributed by atoms with van der Waals surface area (Å²) in [6.45, 7) is 3.09. The van der Waals surface area contributed by atoms with Gasteiger partial charge in [-0.25, -0.2) is 4.39 Å². The molecule has 7 nitrogen and oxygen atoms in total. The van der Waals surface area contributed by atoms with E-state index in [1.807, 2.05) is 0 Å². The summed E-state index contributed by atoms with van der Waals surface area (Å²) in [7, 11) is 0.